The minimum Gasteiger partial charge on any atom is -0.497 e. The predicted molar refractivity (Wildman–Crippen MR) is 161 cm³/mol. The van der Waals surface area contributed by atoms with E-state index in [1.54, 1.807) is 26.0 Å². The molecule has 7 nitrogen and oxygen atoms in total. The Morgan fingerprint density at radius 3 is 2.10 bits per heavy atom. The van der Waals surface area contributed by atoms with Crippen molar-refractivity contribution in [2.45, 2.75) is 12.1 Å². The topological polar surface area (TPSA) is 64.9 Å². The number of aliphatic imine (C=N–C) groups is 1. The Hall–Kier alpha value is -4.14. The third kappa shape index (κ3) is 4.74. The summed E-state index contributed by atoms with van der Waals surface area (Å²) in [5, 5.41) is 6.22. The highest BCUT2D eigenvalue weighted by atomic mass is 35.5. The summed E-state index contributed by atoms with van der Waals surface area (Å²) >= 11 is 7.82. The minimum atomic E-state index is -0.993. The van der Waals surface area contributed by atoms with Gasteiger partial charge in [0.05, 0.1) is 37.1 Å². The van der Waals surface area contributed by atoms with Gasteiger partial charge in [-0.3, -0.25) is 4.90 Å². The van der Waals surface area contributed by atoms with Gasteiger partial charge in [0.25, 0.3) is 0 Å². The number of fused-ring (bicyclic) bond motifs is 3. The normalized spacial score (nSPS) is 17.6. The Balaban J connectivity index is 1.51. The molecule has 2 aliphatic rings. The van der Waals surface area contributed by atoms with Crippen LogP contribution in [0.4, 0.5) is 11.4 Å². The molecule has 0 aliphatic carbocycles. The van der Waals surface area contributed by atoms with E-state index in [0.29, 0.717) is 28.8 Å². The summed E-state index contributed by atoms with van der Waals surface area (Å²) < 4.78 is 17.0. The molecule has 202 valence electrons. The van der Waals surface area contributed by atoms with Crippen LogP contribution in [0.1, 0.15) is 17.5 Å². The average molecular weight is 572 g/mol. The number of nitrogens with zero attached hydrogens (tertiary/aromatic N) is 3. The van der Waals surface area contributed by atoms with Crippen LogP contribution in [-0.2, 0) is 10.6 Å². The standard InChI is InChI=1S/C31H26ClN3O4S/c1-36-23-10-6-21(7-11-23)31-19-29(40-3)33-27-17-16-26(38-25-14-12-24(37-2)13-15-25)18-28(27)35(31)30(34-39-31)20-4-8-22(32)9-5-20/h4-18H,19H2,1-3H3. The van der Waals surface area contributed by atoms with Crippen molar-refractivity contribution < 1.29 is 19.0 Å². The predicted octanol–water partition coefficient (Wildman–Crippen LogP) is 8.00. The Kier molecular flexibility index (Phi) is 7.04. The molecule has 9 heteroatoms. The molecule has 0 spiro atoms. The molecule has 0 saturated heterocycles. The molecule has 0 radical (unpaired) electrons. The summed E-state index contributed by atoms with van der Waals surface area (Å²) in [6, 6.07) is 28.8. The van der Waals surface area contributed by atoms with Crippen LogP contribution in [0.25, 0.3) is 0 Å². The van der Waals surface area contributed by atoms with E-state index in [4.69, 9.17) is 35.6 Å². The van der Waals surface area contributed by atoms with E-state index in [9.17, 15) is 0 Å². The highest BCUT2D eigenvalue weighted by Crippen LogP contribution is 2.50. The summed E-state index contributed by atoms with van der Waals surface area (Å²) in [6.45, 7) is 0. The van der Waals surface area contributed by atoms with E-state index in [1.807, 2.05) is 97.3 Å². The molecule has 0 saturated carbocycles. The lowest BCUT2D eigenvalue weighted by Gasteiger charge is -2.37. The van der Waals surface area contributed by atoms with Gasteiger partial charge in [0.15, 0.2) is 5.84 Å². The molecule has 0 fully saturated rings. The Morgan fingerprint density at radius 1 is 0.825 bits per heavy atom. The zero-order valence-corrected chi connectivity index (χ0v) is 23.7. The SMILES string of the molecule is COc1ccc(Oc2ccc3c(c2)N2C(c4ccc(Cl)cc4)=NOC2(c2ccc(OC)cc2)CC(SC)=N3)cc1. The van der Waals surface area contributed by atoms with Gasteiger partial charge in [-0.05, 0) is 91.2 Å². The molecule has 4 aromatic rings. The third-order valence-corrected chi connectivity index (χ3v) is 7.81. The smallest absolute Gasteiger partial charge is 0.247 e. The second-order valence-electron chi connectivity index (χ2n) is 9.18. The molecule has 0 bridgehead atoms. The van der Waals surface area contributed by atoms with Gasteiger partial charge in [-0.1, -0.05) is 16.8 Å². The molecule has 1 atom stereocenters. The van der Waals surface area contributed by atoms with Crippen molar-refractivity contribution in [1.29, 1.82) is 0 Å². The highest BCUT2D eigenvalue weighted by molar-refractivity contribution is 8.13. The summed E-state index contributed by atoms with van der Waals surface area (Å²) in [5.74, 6) is 3.50. The van der Waals surface area contributed by atoms with Crippen molar-refractivity contribution in [3.63, 3.8) is 0 Å². The van der Waals surface area contributed by atoms with Gasteiger partial charge in [0.1, 0.15) is 23.0 Å². The largest absolute Gasteiger partial charge is 0.497 e. The first kappa shape index (κ1) is 26.1. The van der Waals surface area contributed by atoms with Crippen LogP contribution in [0.15, 0.2) is 101 Å². The van der Waals surface area contributed by atoms with Gasteiger partial charge < -0.3 is 19.0 Å². The van der Waals surface area contributed by atoms with Crippen molar-refractivity contribution in [2.24, 2.45) is 10.1 Å². The molecule has 1 unspecified atom stereocenters. The fourth-order valence-electron chi connectivity index (χ4n) is 4.82. The van der Waals surface area contributed by atoms with Crippen LogP contribution in [0, 0.1) is 0 Å². The molecule has 4 aromatic carbocycles. The fourth-order valence-corrected chi connectivity index (χ4v) is 5.48. The molecule has 40 heavy (non-hydrogen) atoms. The van der Waals surface area contributed by atoms with E-state index in [-0.39, 0.29) is 0 Å². The number of hydrogen-bond acceptors (Lipinski definition) is 8. The zero-order chi connectivity index (χ0) is 27.7. The number of thioether (sulfide) groups is 1. The fraction of sp³-hybridized carbons (Fsp3) is 0.161. The summed E-state index contributed by atoms with van der Waals surface area (Å²) in [5.41, 5.74) is 2.37. The molecule has 0 N–H and O–H groups in total. The van der Waals surface area contributed by atoms with E-state index in [2.05, 4.69) is 10.1 Å². The number of anilines is 1. The minimum absolute atomic E-state index is 0.477. The number of oxime groups is 1. The van der Waals surface area contributed by atoms with Gasteiger partial charge in [-0.25, -0.2) is 4.99 Å². The molecule has 0 amide bonds. The number of ether oxygens (including phenoxy) is 3. The number of methoxy groups -OCH3 is 2. The van der Waals surface area contributed by atoms with E-state index < -0.39 is 5.72 Å². The molecular weight excluding hydrogens is 546 g/mol. The van der Waals surface area contributed by atoms with Crippen LogP contribution < -0.4 is 19.1 Å². The average Bonchev–Trinajstić information content (AvgIpc) is 3.31. The first-order valence-corrected chi connectivity index (χ1v) is 14.2. The summed E-state index contributed by atoms with van der Waals surface area (Å²) in [7, 11) is 3.29. The number of rotatable bonds is 6. The highest BCUT2D eigenvalue weighted by Gasteiger charge is 2.52. The van der Waals surface area contributed by atoms with Gasteiger partial charge in [0.2, 0.25) is 5.72 Å². The van der Waals surface area contributed by atoms with Crippen LogP contribution >= 0.6 is 23.4 Å². The lowest BCUT2D eigenvalue weighted by Crippen LogP contribution is -2.47. The van der Waals surface area contributed by atoms with Crippen LogP contribution in [-0.4, -0.2) is 31.4 Å². The second kappa shape index (κ2) is 10.8. The molecule has 6 rings (SSSR count). The maximum atomic E-state index is 6.45. The summed E-state index contributed by atoms with van der Waals surface area (Å²) in [6.07, 6.45) is 2.50. The molecular formula is C31H26ClN3O4S. The molecule has 2 heterocycles. The van der Waals surface area contributed by atoms with Gasteiger partial charge in [-0.2, -0.15) is 0 Å². The van der Waals surface area contributed by atoms with Crippen molar-refractivity contribution in [3.05, 3.63) is 107 Å². The Bertz CT molecular complexity index is 1590. The van der Waals surface area contributed by atoms with Gasteiger partial charge in [0, 0.05) is 22.2 Å². The van der Waals surface area contributed by atoms with E-state index >= 15 is 0 Å². The Morgan fingerprint density at radius 2 is 1.45 bits per heavy atom. The van der Waals surface area contributed by atoms with Crippen molar-refractivity contribution in [2.75, 3.05) is 25.4 Å². The molecule has 0 aromatic heterocycles. The van der Waals surface area contributed by atoms with Crippen LogP contribution in [0.5, 0.6) is 23.0 Å². The lowest BCUT2D eigenvalue weighted by atomic mass is 9.96. The van der Waals surface area contributed by atoms with Crippen molar-refractivity contribution in [3.8, 4) is 23.0 Å². The quantitative estimate of drug-likeness (QED) is 0.234. The monoisotopic (exact) mass is 571 g/mol. The maximum absolute atomic E-state index is 6.45. The van der Waals surface area contributed by atoms with Gasteiger partial charge in [-0.15, -0.1) is 11.8 Å². The number of benzene rings is 4. The first-order chi connectivity index (χ1) is 19.5. The van der Waals surface area contributed by atoms with Crippen LogP contribution in [0.2, 0.25) is 5.02 Å². The number of amidine groups is 1. The van der Waals surface area contributed by atoms with E-state index in [0.717, 1.165) is 39.0 Å². The first-order valence-electron chi connectivity index (χ1n) is 12.6. The van der Waals surface area contributed by atoms with Gasteiger partial charge >= 0.3 is 0 Å². The maximum Gasteiger partial charge on any atom is 0.247 e. The lowest BCUT2D eigenvalue weighted by molar-refractivity contribution is -0.0148. The van der Waals surface area contributed by atoms with Crippen molar-refractivity contribution in [1.82, 2.24) is 0 Å². The Labute approximate surface area is 242 Å². The second-order valence-corrected chi connectivity index (χ2v) is 10.5. The van der Waals surface area contributed by atoms with E-state index in [1.165, 1.54) is 0 Å². The molecule has 2 aliphatic heterocycles. The third-order valence-electron chi connectivity index (χ3n) is 6.85. The summed E-state index contributed by atoms with van der Waals surface area (Å²) in [4.78, 5) is 13.6. The van der Waals surface area contributed by atoms with Crippen molar-refractivity contribution >= 4 is 45.6 Å². The van der Waals surface area contributed by atoms with Crippen LogP contribution in [0.3, 0.4) is 0 Å². The number of halogens is 1. The number of hydrogen-bond donors (Lipinski definition) is 0. The zero-order valence-electron chi connectivity index (χ0n) is 22.1.